The van der Waals surface area contributed by atoms with Crippen LogP contribution in [0.15, 0.2) is 41.3 Å². The lowest BCUT2D eigenvalue weighted by Gasteiger charge is -2.07. The quantitative estimate of drug-likeness (QED) is 0.599. The molecule has 10 heteroatoms. The summed E-state index contributed by atoms with van der Waals surface area (Å²) in [5.41, 5.74) is 1.45. The number of halogens is 1. The highest BCUT2D eigenvalue weighted by molar-refractivity contribution is 7.89. The normalized spacial score (nSPS) is 11.6. The lowest BCUT2D eigenvalue weighted by molar-refractivity contribution is 0.458. The molecule has 0 aliphatic carbocycles. The Hall–Kier alpha value is -2.49. The summed E-state index contributed by atoms with van der Waals surface area (Å²) in [6.45, 7) is 0.330. The van der Waals surface area contributed by atoms with Crippen molar-refractivity contribution in [1.29, 1.82) is 0 Å². The Morgan fingerprint density at radius 2 is 1.79 bits per heavy atom. The lowest BCUT2D eigenvalue weighted by atomic mass is 10.2. The number of benzene rings is 1. The van der Waals surface area contributed by atoms with Gasteiger partial charge in [0.05, 0.1) is 10.4 Å². The molecule has 0 fully saturated rings. The van der Waals surface area contributed by atoms with Crippen molar-refractivity contribution in [2.75, 3.05) is 5.32 Å². The fourth-order valence-electron chi connectivity index (χ4n) is 2.03. The number of nitrogens with two attached hydrogens (primary N) is 1. The highest BCUT2D eigenvalue weighted by Crippen LogP contribution is 2.22. The van der Waals surface area contributed by atoms with Gasteiger partial charge in [0.25, 0.3) is 0 Å². The summed E-state index contributed by atoms with van der Waals surface area (Å²) in [5, 5.41) is 18.1. The molecule has 0 unspecified atom stereocenters. The molecule has 4 N–H and O–H groups in total. The highest BCUT2D eigenvalue weighted by atomic mass is 35.5. The number of fused-ring (bicyclic) bond motifs is 1. The van der Waals surface area contributed by atoms with Crippen molar-refractivity contribution in [3.63, 3.8) is 0 Å². The third-order valence-electron chi connectivity index (χ3n) is 3.19. The largest absolute Gasteiger partial charge is 0.492 e. The number of sulfonamides is 1. The molecule has 0 radical (unpaired) electrons. The predicted molar refractivity (Wildman–Crippen MR) is 89.1 cm³/mol. The van der Waals surface area contributed by atoms with Gasteiger partial charge >= 0.3 is 0 Å². The van der Waals surface area contributed by atoms with E-state index in [1.807, 2.05) is 0 Å². The van der Waals surface area contributed by atoms with Gasteiger partial charge in [-0.25, -0.2) is 23.5 Å². The third kappa shape index (κ3) is 3.53. The zero-order valence-electron chi connectivity index (χ0n) is 12.1. The van der Waals surface area contributed by atoms with Crippen LogP contribution in [-0.2, 0) is 16.6 Å². The van der Waals surface area contributed by atoms with Gasteiger partial charge in [-0.15, -0.1) is 0 Å². The van der Waals surface area contributed by atoms with Crippen LogP contribution in [0.4, 0.5) is 5.95 Å². The molecule has 3 rings (SSSR count). The molecule has 124 valence electrons. The Morgan fingerprint density at radius 1 is 1.08 bits per heavy atom. The van der Waals surface area contributed by atoms with Crippen LogP contribution < -0.4 is 10.5 Å². The lowest BCUT2D eigenvalue weighted by Crippen LogP contribution is -2.12. The molecule has 0 aliphatic heterocycles. The minimum absolute atomic E-state index is 0.0359. The van der Waals surface area contributed by atoms with Crippen molar-refractivity contribution in [3.8, 4) is 5.88 Å². The van der Waals surface area contributed by atoms with Gasteiger partial charge in [-0.05, 0) is 29.8 Å². The average Bonchev–Trinajstić information content (AvgIpc) is 2.53. The summed E-state index contributed by atoms with van der Waals surface area (Å²) in [6, 6.07) is 9.25. The molecular weight excluding hydrogens is 354 g/mol. The first-order valence-electron chi connectivity index (χ1n) is 6.72. The number of pyridine rings is 1. The number of aromatic hydroxyl groups is 1. The van der Waals surface area contributed by atoms with Gasteiger partial charge in [0, 0.05) is 6.54 Å². The van der Waals surface area contributed by atoms with Crippen LogP contribution in [-0.4, -0.2) is 28.5 Å². The van der Waals surface area contributed by atoms with Gasteiger partial charge in [0.2, 0.25) is 21.9 Å². The van der Waals surface area contributed by atoms with E-state index in [4.69, 9.17) is 16.7 Å². The molecule has 0 spiro atoms. The Labute approximate surface area is 142 Å². The number of hydrogen-bond acceptors (Lipinski definition) is 7. The maximum Gasteiger partial charge on any atom is 0.243 e. The zero-order valence-corrected chi connectivity index (χ0v) is 13.7. The van der Waals surface area contributed by atoms with Crippen molar-refractivity contribution >= 4 is 38.6 Å². The zero-order chi connectivity index (χ0) is 17.3. The monoisotopic (exact) mass is 365 g/mol. The molecule has 0 saturated heterocycles. The maximum absolute atomic E-state index is 11.2. The van der Waals surface area contributed by atoms with Gasteiger partial charge < -0.3 is 10.4 Å². The second kappa shape index (κ2) is 6.19. The Balaban J connectivity index is 1.79. The van der Waals surface area contributed by atoms with Crippen molar-refractivity contribution in [2.24, 2.45) is 5.14 Å². The third-order valence-corrected chi connectivity index (χ3v) is 4.33. The van der Waals surface area contributed by atoms with Crippen molar-refractivity contribution in [2.45, 2.75) is 11.4 Å². The second-order valence-electron chi connectivity index (χ2n) is 4.92. The number of rotatable bonds is 4. The van der Waals surface area contributed by atoms with Crippen LogP contribution >= 0.6 is 11.6 Å². The fourth-order valence-corrected chi connectivity index (χ4v) is 2.70. The minimum atomic E-state index is -3.72. The first-order valence-corrected chi connectivity index (χ1v) is 8.64. The first kappa shape index (κ1) is 16.4. The molecule has 2 aromatic heterocycles. The Kier molecular flexibility index (Phi) is 4.22. The molecule has 8 nitrogen and oxygen atoms in total. The van der Waals surface area contributed by atoms with Crippen LogP contribution in [0.25, 0.3) is 11.0 Å². The maximum atomic E-state index is 11.2. The molecule has 0 atom stereocenters. The van der Waals surface area contributed by atoms with Gasteiger partial charge in [-0.1, -0.05) is 23.7 Å². The number of anilines is 1. The smallest absolute Gasteiger partial charge is 0.243 e. The van der Waals surface area contributed by atoms with Crippen LogP contribution in [0.5, 0.6) is 5.88 Å². The van der Waals surface area contributed by atoms with E-state index in [1.165, 1.54) is 12.1 Å². The van der Waals surface area contributed by atoms with E-state index >= 15 is 0 Å². The van der Waals surface area contributed by atoms with Crippen molar-refractivity contribution in [1.82, 2.24) is 15.0 Å². The Bertz CT molecular complexity index is 1010. The van der Waals surface area contributed by atoms with Gasteiger partial charge in [0.15, 0.2) is 5.52 Å². The topological polar surface area (TPSA) is 131 Å². The van der Waals surface area contributed by atoms with Crippen LogP contribution in [0, 0.1) is 0 Å². The average molecular weight is 366 g/mol. The number of hydrogen-bond donors (Lipinski definition) is 3. The minimum Gasteiger partial charge on any atom is -0.492 e. The summed E-state index contributed by atoms with van der Waals surface area (Å²) >= 11 is 5.77. The predicted octanol–water partition coefficient (Wildman–Crippen LogP) is 1.64. The Morgan fingerprint density at radius 3 is 2.46 bits per heavy atom. The van der Waals surface area contributed by atoms with E-state index in [1.54, 1.807) is 24.3 Å². The molecule has 24 heavy (non-hydrogen) atoms. The van der Waals surface area contributed by atoms with E-state index in [2.05, 4.69) is 20.3 Å². The van der Waals surface area contributed by atoms with Crippen molar-refractivity contribution < 1.29 is 13.5 Å². The number of primary sulfonamides is 1. The molecule has 2 heterocycles. The SMILES string of the molecule is NS(=O)(=O)c1ccc(CNc2nc(O)c3nc(Cl)ccc3n2)cc1. The van der Waals surface area contributed by atoms with Crippen LogP contribution in [0.2, 0.25) is 5.15 Å². The standard InChI is InChI=1S/C14H12ClN5O3S/c15-11-6-5-10-12(19-11)13(21)20-14(18-10)17-7-8-1-3-9(4-2-8)24(16,22)23/h1-6H,7H2,(H2,16,22,23)(H2,17,18,20,21). The van der Waals surface area contributed by atoms with Gasteiger partial charge in [0.1, 0.15) is 5.15 Å². The van der Waals surface area contributed by atoms with E-state index in [9.17, 15) is 13.5 Å². The van der Waals surface area contributed by atoms with Crippen molar-refractivity contribution in [3.05, 3.63) is 47.1 Å². The molecule has 0 bridgehead atoms. The number of nitrogens with zero attached hydrogens (tertiary/aromatic N) is 3. The van der Waals surface area contributed by atoms with Gasteiger partial charge in [-0.3, -0.25) is 0 Å². The van der Waals surface area contributed by atoms with Gasteiger partial charge in [-0.2, -0.15) is 4.98 Å². The van der Waals surface area contributed by atoms with E-state index in [-0.39, 0.29) is 27.4 Å². The number of aromatic nitrogens is 3. The summed E-state index contributed by atoms with van der Waals surface area (Å²) in [4.78, 5) is 12.1. The summed E-state index contributed by atoms with van der Waals surface area (Å²) < 4.78 is 22.4. The number of nitrogens with one attached hydrogen (secondary N) is 1. The molecule has 0 aliphatic rings. The fraction of sp³-hybridized carbons (Fsp3) is 0.0714. The summed E-state index contributed by atoms with van der Waals surface area (Å²) in [6.07, 6.45) is 0. The molecule has 1 aromatic carbocycles. The molecule has 0 amide bonds. The van der Waals surface area contributed by atoms with E-state index < -0.39 is 10.0 Å². The van der Waals surface area contributed by atoms with E-state index in [0.29, 0.717) is 12.1 Å². The first-order chi connectivity index (χ1) is 11.3. The molecule has 3 aromatic rings. The van der Waals surface area contributed by atoms with Crippen LogP contribution in [0.3, 0.4) is 0 Å². The highest BCUT2D eigenvalue weighted by Gasteiger charge is 2.09. The summed E-state index contributed by atoms with van der Waals surface area (Å²) in [5.74, 6) is -0.0748. The molecule has 0 saturated carbocycles. The van der Waals surface area contributed by atoms with Crippen LogP contribution in [0.1, 0.15) is 5.56 Å². The second-order valence-corrected chi connectivity index (χ2v) is 6.86. The molecular formula is C14H12ClN5O3S. The van der Waals surface area contributed by atoms with E-state index in [0.717, 1.165) is 5.56 Å². The summed E-state index contributed by atoms with van der Waals surface area (Å²) in [7, 11) is -3.72.